The molecular formula is C13H8BrFN2S. The van der Waals surface area contributed by atoms with Gasteiger partial charge in [0.05, 0.1) is 15.9 Å². The summed E-state index contributed by atoms with van der Waals surface area (Å²) in [5.41, 5.74) is 1.33. The molecule has 2 nitrogen and oxygen atoms in total. The van der Waals surface area contributed by atoms with Crippen molar-refractivity contribution >= 4 is 48.3 Å². The third kappa shape index (κ3) is 2.11. The van der Waals surface area contributed by atoms with Crippen molar-refractivity contribution in [2.75, 3.05) is 5.32 Å². The van der Waals surface area contributed by atoms with E-state index in [2.05, 4.69) is 26.2 Å². The van der Waals surface area contributed by atoms with Gasteiger partial charge in [-0.15, -0.1) is 0 Å². The van der Waals surface area contributed by atoms with Crippen LogP contribution in [0.1, 0.15) is 0 Å². The molecule has 0 aliphatic carbocycles. The topological polar surface area (TPSA) is 24.9 Å². The van der Waals surface area contributed by atoms with Gasteiger partial charge < -0.3 is 5.32 Å². The zero-order valence-corrected chi connectivity index (χ0v) is 11.6. The van der Waals surface area contributed by atoms with Crippen LogP contribution in [0.25, 0.3) is 10.2 Å². The van der Waals surface area contributed by atoms with Crippen LogP contribution in [0.2, 0.25) is 0 Å². The number of nitrogens with one attached hydrogen (secondary N) is 1. The first-order valence-corrected chi connectivity index (χ1v) is 6.91. The Morgan fingerprint density at radius 3 is 2.72 bits per heavy atom. The van der Waals surface area contributed by atoms with Crippen LogP contribution in [0.15, 0.2) is 46.9 Å². The molecule has 90 valence electrons. The molecule has 0 fully saturated rings. The molecule has 3 rings (SSSR count). The fourth-order valence-corrected chi connectivity index (χ4v) is 2.96. The van der Waals surface area contributed by atoms with Crippen molar-refractivity contribution in [3.05, 3.63) is 52.8 Å². The van der Waals surface area contributed by atoms with Gasteiger partial charge in [0.1, 0.15) is 5.82 Å². The number of fused-ring (bicyclic) bond motifs is 1. The van der Waals surface area contributed by atoms with E-state index < -0.39 is 0 Å². The smallest absolute Gasteiger partial charge is 0.188 e. The molecule has 2 aromatic carbocycles. The minimum atomic E-state index is -0.302. The Morgan fingerprint density at radius 2 is 1.94 bits per heavy atom. The van der Waals surface area contributed by atoms with Crippen LogP contribution in [-0.4, -0.2) is 4.98 Å². The number of para-hydroxylation sites is 2. The van der Waals surface area contributed by atoms with Gasteiger partial charge in [-0.05, 0) is 40.2 Å². The third-order valence-electron chi connectivity index (χ3n) is 2.49. The number of halogens is 2. The molecule has 0 bridgehead atoms. The SMILES string of the molecule is Fc1cccc(Br)c1Nc1nc2ccccc2s1. The molecule has 1 heterocycles. The van der Waals surface area contributed by atoms with Crippen LogP contribution in [0.4, 0.5) is 15.2 Å². The average Bonchev–Trinajstić information content (AvgIpc) is 2.76. The van der Waals surface area contributed by atoms with Gasteiger partial charge in [-0.25, -0.2) is 9.37 Å². The maximum absolute atomic E-state index is 13.7. The monoisotopic (exact) mass is 322 g/mol. The van der Waals surface area contributed by atoms with E-state index in [0.29, 0.717) is 15.3 Å². The largest absolute Gasteiger partial charge is 0.328 e. The van der Waals surface area contributed by atoms with Crippen molar-refractivity contribution in [2.24, 2.45) is 0 Å². The second-order valence-electron chi connectivity index (χ2n) is 3.71. The van der Waals surface area contributed by atoms with Crippen molar-refractivity contribution in [3.63, 3.8) is 0 Å². The molecule has 0 aliphatic heterocycles. The number of aromatic nitrogens is 1. The molecule has 5 heteroatoms. The average molecular weight is 323 g/mol. The standard InChI is InChI=1S/C13H8BrFN2S/c14-8-4-3-5-9(15)12(8)17-13-16-10-6-1-2-7-11(10)18-13/h1-7H,(H,16,17). The highest BCUT2D eigenvalue weighted by atomic mass is 79.9. The van der Waals surface area contributed by atoms with Gasteiger partial charge in [0.25, 0.3) is 0 Å². The highest BCUT2D eigenvalue weighted by molar-refractivity contribution is 9.10. The van der Waals surface area contributed by atoms with E-state index in [-0.39, 0.29) is 5.82 Å². The molecule has 0 radical (unpaired) electrons. The number of benzene rings is 2. The molecule has 18 heavy (non-hydrogen) atoms. The van der Waals surface area contributed by atoms with Gasteiger partial charge in [-0.3, -0.25) is 0 Å². The highest BCUT2D eigenvalue weighted by Gasteiger charge is 2.09. The van der Waals surface area contributed by atoms with Crippen LogP contribution in [0, 0.1) is 5.82 Å². The van der Waals surface area contributed by atoms with Crippen LogP contribution in [0.5, 0.6) is 0 Å². The zero-order valence-electron chi connectivity index (χ0n) is 9.15. The minimum absolute atomic E-state index is 0.302. The molecule has 0 amide bonds. The minimum Gasteiger partial charge on any atom is -0.328 e. The molecule has 0 spiro atoms. The number of nitrogens with zero attached hydrogens (tertiary/aromatic N) is 1. The third-order valence-corrected chi connectivity index (χ3v) is 4.10. The summed E-state index contributed by atoms with van der Waals surface area (Å²) in [5.74, 6) is -0.302. The normalized spacial score (nSPS) is 10.8. The first kappa shape index (κ1) is 11.6. The molecule has 0 saturated heterocycles. The van der Waals surface area contributed by atoms with Gasteiger partial charge in [0, 0.05) is 4.47 Å². The number of rotatable bonds is 2. The summed E-state index contributed by atoms with van der Waals surface area (Å²) < 4.78 is 15.4. The lowest BCUT2D eigenvalue weighted by Gasteiger charge is -2.05. The summed E-state index contributed by atoms with van der Waals surface area (Å²) in [5, 5.41) is 3.70. The van der Waals surface area contributed by atoms with Crippen molar-refractivity contribution in [1.29, 1.82) is 0 Å². The summed E-state index contributed by atoms with van der Waals surface area (Å²) in [6.45, 7) is 0. The number of thiazole rings is 1. The summed E-state index contributed by atoms with van der Waals surface area (Å²) >= 11 is 4.82. The van der Waals surface area contributed by atoms with E-state index in [0.717, 1.165) is 10.2 Å². The molecule has 0 atom stereocenters. The lowest BCUT2D eigenvalue weighted by molar-refractivity contribution is 0.631. The maximum Gasteiger partial charge on any atom is 0.188 e. The number of anilines is 2. The van der Waals surface area contributed by atoms with Crippen molar-refractivity contribution in [1.82, 2.24) is 4.98 Å². The zero-order chi connectivity index (χ0) is 12.5. The van der Waals surface area contributed by atoms with E-state index in [9.17, 15) is 4.39 Å². The first-order chi connectivity index (χ1) is 8.74. The molecule has 3 aromatic rings. The first-order valence-electron chi connectivity index (χ1n) is 5.30. The van der Waals surface area contributed by atoms with Gasteiger partial charge in [0.2, 0.25) is 0 Å². The quantitative estimate of drug-likeness (QED) is 0.722. The van der Waals surface area contributed by atoms with E-state index >= 15 is 0 Å². The van der Waals surface area contributed by atoms with Crippen LogP contribution >= 0.6 is 27.3 Å². The Bertz CT molecular complexity index is 658. The Labute approximate surface area is 116 Å². The lowest BCUT2D eigenvalue weighted by atomic mass is 10.3. The van der Waals surface area contributed by atoms with Crippen molar-refractivity contribution < 1.29 is 4.39 Å². The molecular weight excluding hydrogens is 315 g/mol. The lowest BCUT2D eigenvalue weighted by Crippen LogP contribution is -1.93. The van der Waals surface area contributed by atoms with Crippen LogP contribution in [-0.2, 0) is 0 Å². The molecule has 0 saturated carbocycles. The molecule has 1 aromatic heterocycles. The fourth-order valence-electron chi connectivity index (χ4n) is 1.65. The molecule has 0 aliphatic rings. The summed E-state index contributed by atoms with van der Waals surface area (Å²) in [7, 11) is 0. The van der Waals surface area contributed by atoms with Gasteiger partial charge in [-0.1, -0.05) is 29.5 Å². The maximum atomic E-state index is 13.7. The van der Waals surface area contributed by atoms with Gasteiger partial charge in [0.15, 0.2) is 5.13 Å². The Kier molecular flexibility index (Phi) is 3.01. The Balaban J connectivity index is 2.01. The van der Waals surface area contributed by atoms with E-state index in [1.165, 1.54) is 17.4 Å². The summed E-state index contributed by atoms with van der Waals surface area (Å²) in [4.78, 5) is 4.41. The number of hydrogen-bond donors (Lipinski definition) is 1. The van der Waals surface area contributed by atoms with Crippen LogP contribution in [0.3, 0.4) is 0 Å². The van der Waals surface area contributed by atoms with Crippen molar-refractivity contribution in [2.45, 2.75) is 0 Å². The second kappa shape index (κ2) is 4.66. The Morgan fingerprint density at radius 1 is 1.11 bits per heavy atom. The molecule has 0 unspecified atom stereocenters. The second-order valence-corrected chi connectivity index (χ2v) is 5.59. The summed E-state index contributed by atoms with van der Waals surface area (Å²) in [6.07, 6.45) is 0. The van der Waals surface area contributed by atoms with Crippen molar-refractivity contribution in [3.8, 4) is 0 Å². The highest BCUT2D eigenvalue weighted by Crippen LogP contribution is 2.32. The predicted molar refractivity (Wildman–Crippen MR) is 77.0 cm³/mol. The van der Waals surface area contributed by atoms with Crippen LogP contribution < -0.4 is 5.32 Å². The van der Waals surface area contributed by atoms with E-state index in [1.807, 2.05) is 24.3 Å². The van der Waals surface area contributed by atoms with E-state index in [1.54, 1.807) is 12.1 Å². The fraction of sp³-hybridized carbons (Fsp3) is 0. The molecule has 1 N–H and O–H groups in total. The van der Waals surface area contributed by atoms with Gasteiger partial charge >= 0.3 is 0 Å². The van der Waals surface area contributed by atoms with E-state index in [4.69, 9.17) is 0 Å². The van der Waals surface area contributed by atoms with Gasteiger partial charge in [-0.2, -0.15) is 0 Å². The number of hydrogen-bond acceptors (Lipinski definition) is 3. The Hall–Kier alpha value is -1.46. The predicted octanol–water partition coefficient (Wildman–Crippen LogP) is 4.94. The summed E-state index contributed by atoms with van der Waals surface area (Å²) in [6, 6.07) is 12.7.